The number of para-hydroxylation sites is 1. The molecule has 2 aliphatic heterocycles. The van der Waals surface area contributed by atoms with Crippen LogP contribution in [0.15, 0.2) is 58.3 Å². The third kappa shape index (κ3) is 3.09. The van der Waals surface area contributed by atoms with Gasteiger partial charge in [-0.25, -0.2) is 9.98 Å². The molecule has 0 unspecified atom stereocenters. The summed E-state index contributed by atoms with van der Waals surface area (Å²) in [5.41, 5.74) is 3.50. The quantitative estimate of drug-likeness (QED) is 0.632. The number of benzene rings is 2. The van der Waals surface area contributed by atoms with E-state index in [1.54, 1.807) is 25.1 Å². The second-order valence-corrected chi connectivity index (χ2v) is 7.92. The fourth-order valence-corrected chi connectivity index (χ4v) is 4.36. The van der Waals surface area contributed by atoms with Crippen LogP contribution in [0.25, 0.3) is 0 Å². The molecular weight excluding hydrogens is 409 g/mol. The van der Waals surface area contributed by atoms with Gasteiger partial charge in [0.25, 0.3) is 5.56 Å². The van der Waals surface area contributed by atoms with Crippen LogP contribution in [-0.4, -0.2) is 22.1 Å². The maximum atomic E-state index is 12.8. The van der Waals surface area contributed by atoms with Crippen molar-refractivity contribution in [3.8, 4) is 0 Å². The highest BCUT2D eigenvalue weighted by atomic mass is 35.5. The zero-order valence-electron chi connectivity index (χ0n) is 15.6. The first-order chi connectivity index (χ1) is 14.0. The molecule has 0 saturated carbocycles. The molecule has 2 aromatic carbocycles. The summed E-state index contributed by atoms with van der Waals surface area (Å²) in [6, 6.07) is 14.9. The Bertz CT molecular complexity index is 1220. The molecule has 0 radical (unpaired) electrons. The van der Waals surface area contributed by atoms with Crippen LogP contribution >= 0.6 is 23.2 Å². The van der Waals surface area contributed by atoms with Crippen molar-refractivity contribution in [1.29, 1.82) is 0 Å². The van der Waals surface area contributed by atoms with Gasteiger partial charge < -0.3 is 4.90 Å². The van der Waals surface area contributed by atoms with Gasteiger partial charge in [0, 0.05) is 39.6 Å². The van der Waals surface area contributed by atoms with Crippen molar-refractivity contribution in [2.45, 2.75) is 19.5 Å². The topological polar surface area (TPSA) is 62.5 Å². The van der Waals surface area contributed by atoms with Crippen molar-refractivity contribution in [1.82, 2.24) is 9.55 Å². The molecule has 1 N–H and O–H groups in total. The van der Waals surface area contributed by atoms with Gasteiger partial charge in [-0.3, -0.25) is 14.7 Å². The second-order valence-electron chi connectivity index (χ2n) is 7.08. The van der Waals surface area contributed by atoms with Gasteiger partial charge in [-0.05, 0) is 37.1 Å². The fourth-order valence-electron chi connectivity index (χ4n) is 3.85. The van der Waals surface area contributed by atoms with E-state index in [1.165, 1.54) is 16.2 Å². The lowest BCUT2D eigenvalue weighted by Gasteiger charge is -2.31. The molecule has 0 bridgehead atoms. The molecule has 1 atom stereocenters. The van der Waals surface area contributed by atoms with Crippen LogP contribution in [0.2, 0.25) is 10.0 Å². The average Bonchev–Trinajstić information content (AvgIpc) is 3.11. The average molecular weight is 426 g/mol. The summed E-state index contributed by atoms with van der Waals surface area (Å²) >= 11 is 12.6. The third-order valence-corrected chi connectivity index (χ3v) is 5.74. The maximum Gasteiger partial charge on any atom is 0.257 e. The molecule has 146 valence electrons. The standard InChI is InChI=1S/C21H17Cl2N5O/c1-12-10-18(29)28-19(15-7-6-14(22)11-16(15)23)25-20(26-21(28)24-12)27-9-8-13-4-2-3-5-17(13)27/h2-7,10-11,19H,8-9H2,1H3,(H,24,25,26)/t19-/m0/s1. The normalized spacial score (nSPS) is 17.4. The summed E-state index contributed by atoms with van der Waals surface area (Å²) in [4.78, 5) is 24.4. The minimum atomic E-state index is -0.639. The van der Waals surface area contributed by atoms with Crippen LogP contribution < -0.4 is 15.8 Å². The van der Waals surface area contributed by atoms with Crippen LogP contribution in [0.3, 0.4) is 0 Å². The molecule has 0 aliphatic carbocycles. The van der Waals surface area contributed by atoms with Crippen LogP contribution in [0, 0.1) is 6.92 Å². The number of halogens is 2. The minimum Gasteiger partial charge on any atom is -0.312 e. The van der Waals surface area contributed by atoms with Gasteiger partial charge in [-0.15, -0.1) is 0 Å². The van der Waals surface area contributed by atoms with E-state index < -0.39 is 6.17 Å². The molecule has 2 aliphatic rings. The van der Waals surface area contributed by atoms with Crippen molar-refractivity contribution in [3.05, 3.63) is 85.8 Å². The third-order valence-electron chi connectivity index (χ3n) is 5.18. The van der Waals surface area contributed by atoms with Crippen molar-refractivity contribution in [2.24, 2.45) is 4.99 Å². The van der Waals surface area contributed by atoms with E-state index in [4.69, 9.17) is 28.2 Å². The molecular formula is C21H17Cl2N5O. The van der Waals surface area contributed by atoms with Crippen LogP contribution in [-0.2, 0) is 6.42 Å². The van der Waals surface area contributed by atoms with E-state index >= 15 is 0 Å². The summed E-state index contributed by atoms with van der Waals surface area (Å²) in [6.07, 6.45) is 0.288. The summed E-state index contributed by atoms with van der Waals surface area (Å²) in [7, 11) is 0. The van der Waals surface area contributed by atoms with Gasteiger partial charge in [0.1, 0.15) is 0 Å². The van der Waals surface area contributed by atoms with Crippen molar-refractivity contribution >= 4 is 40.8 Å². The van der Waals surface area contributed by atoms with E-state index in [0.717, 1.165) is 18.7 Å². The second kappa shape index (κ2) is 6.90. The Morgan fingerprint density at radius 3 is 2.79 bits per heavy atom. The van der Waals surface area contributed by atoms with Crippen LogP contribution in [0.4, 0.5) is 11.6 Å². The lowest BCUT2D eigenvalue weighted by molar-refractivity contribution is 0.575. The Morgan fingerprint density at radius 2 is 1.97 bits per heavy atom. The smallest absolute Gasteiger partial charge is 0.257 e. The van der Waals surface area contributed by atoms with Crippen LogP contribution in [0.5, 0.6) is 0 Å². The van der Waals surface area contributed by atoms with E-state index in [2.05, 4.69) is 27.3 Å². The molecule has 0 fully saturated rings. The Labute approximate surface area is 177 Å². The van der Waals surface area contributed by atoms with E-state index in [1.807, 2.05) is 12.1 Å². The summed E-state index contributed by atoms with van der Waals surface area (Å²) < 4.78 is 1.52. The molecule has 0 saturated heterocycles. The number of hydrogen-bond acceptors (Lipinski definition) is 5. The highest BCUT2D eigenvalue weighted by Gasteiger charge is 2.31. The number of nitrogens with one attached hydrogen (secondary N) is 1. The number of anilines is 2. The van der Waals surface area contributed by atoms with Gasteiger partial charge in [0.15, 0.2) is 6.17 Å². The number of aromatic nitrogens is 2. The molecule has 3 aromatic rings. The lowest BCUT2D eigenvalue weighted by atomic mass is 10.1. The SMILES string of the molecule is Cc1cc(=O)n2c(n1)NC(N1CCc3ccccc31)=N[C@@H]2c1ccc(Cl)cc1Cl. The molecule has 0 amide bonds. The Kier molecular flexibility index (Phi) is 4.33. The van der Waals surface area contributed by atoms with E-state index in [9.17, 15) is 4.79 Å². The zero-order valence-corrected chi connectivity index (χ0v) is 17.1. The number of guanidine groups is 1. The van der Waals surface area contributed by atoms with Gasteiger partial charge in [-0.2, -0.15) is 0 Å². The molecule has 29 heavy (non-hydrogen) atoms. The molecule has 1 aromatic heterocycles. The van der Waals surface area contributed by atoms with Crippen molar-refractivity contribution in [2.75, 3.05) is 16.8 Å². The van der Waals surface area contributed by atoms with Gasteiger partial charge >= 0.3 is 0 Å². The van der Waals surface area contributed by atoms with Gasteiger partial charge in [0.2, 0.25) is 11.9 Å². The monoisotopic (exact) mass is 425 g/mol. The molecule has 6 nitrogen and oxygen atoms in total. The summed E-state index contributed by atoms with van der Waals surface area (Å²) in [5.74, 6) is 1.09. The zero-order chi connectivity index (χ0) is 20.1. The first kappa shape index (κ1) is 18.2. The molecule has 3 heterocycles. The number of aliphatic imine (C=N–C) groups is 1. The predicted octanol–water partition coefficient (Wildman–Crippen LogP) is 4.25. The minimum absolute atomic E-state index is 0.194. The molecule has 8 heteroatoms. The lowest BCUT2D eigenvalue weighted by Crippen LogP contribution is -2.43. The fraction of sp³-hybridized carbons (Fsp3) is 0.190. The Hall–Kier alpha value is -2.83. The number of aryl methyl sites for hydroxylation is 1. The first-order valence-corrected chi connectivity index (χ1v) is 10.0. The van der Waals surface area contributed by atoms with Crippen LogP contribution in [0.1, 0.15) is 23.0 Å². The molecule has 0 spiro atoms. The number of rotatable bonds is 1. The Balaban J connectivity index is 1.68. The number of hydrogen-bond donors (Lipinski definition) is 1. The maximum absolute atomic E-state index is 12.8. The van der Waals surface area contributed by atoms with Crippen molar-refractivity contribution in [3.63, 3.8) is 0 Å². The molecule has 5 rings (SSSR count). The van der Waals surface area contributed by atoms with Gasteiger partial charge in [0.05, 0.1) is 0 Å². The van der Waals surface area contributed by atoms with E-state index in [0.29, 0.717) is 33.2 Å². The Morgan fingerprint density at radius 1 is 1.14 bits per heavy atom. The van der Waals surface area contributed by atoms with E-state index in [-0.39, 0.29) is 5.56 Å². The number of fused-ring (bicyclic) bond motifs is 2. The summed E-state index contributed by atoms with van der Waals surface area (Å²) in [6.45, 7) is 2.59. The highest BCUT2D eigenvalue weighted by molar-refractivity contribution is 6.35. The predicted molar refractivity (Wildman–Crippen MR) is 116 cm³/mol. The summed E-state index contributed by atoms with van der Waals surface area (Å²) in [5, 5.41) is 4.23. The largest absolute Gasteiger partial charge is 0.312 e. The van der Waals surface area contributed by atoms with Crippen molar-refractivity contribution < 1.29 is 0 Å². The first-order valence-electron chi connectivity index (χ1n) is 9.26. The highest BCUT2D eigenvalue weighted by Crippen LogP contribution is 2.35. The number of nitrogens with zero attached hydrogens (tertiary/aromatic N) is 4. The van der Waals surface area contributed by atoms with Gasteiger partial charge in [-0.1, -0.05) is 47.5 Å².